The summed E-state index contributed by atoms with van der Waals surface area (Å²) < 4.78 is 14.8. The fourth-order valence-electron chi connectivity index (χ4n) is 3.58. The first-order valence-corrected chi connectivity index (χ1v) is 8.82. The molecule has 1 N–H and O–H groups in total. The summed E-state index contributed by atoms with van der Waals surface area (Å²) in [6.07, 6.45) is 0. The molecule has 1 aliphatic rings. The molecule has 4 rings (SSSR count). The lowest BCUT2D eigenvalue weighted by atomic mass is 10.0. The summed E-state index contributed by atoms with van der Waals surface area (Å²) >= 11 is 0. The van der Waals surface area contributed by atoms with Crippen molar-refractivity contribution in [2.45, 2.75) is 12.6 Å². The number of nitrogens with zero attached hydrogens (tertiary/aromatic N) is 3. The first-order valence-electron chi connectivity index (χ1n) is 8.82. The van der Waals surface area contributed by atoms with Crippen LogP contribution in [-0.4, -0.2) is 35.6 Å². The molecule has 0 bridgehead atoms. The highest BCUT2D eigenvalue weighted by molar-refractivity contribution is 5.94. The SMILES string of the molecule is CN1CC(Nc2c(C#N)c(=O)n(Cc3ccc(F)cc3)c3ccccc23)C1. The lowest BCUT2D eigenvalue weighted by Crippen LogP contribution is -2.52. The van der Waals surface area contributed by atoms with Crippen LogP contribution in [0.4, 0.5) is 10.1 Å². The van der Waals surface area contributed by atoms with Gasteiger partial charge in [0.2, 0.25) is 0 Å². The molecule has 0 amide bonds. The van der Waals surface area contributed by atoms with Crippen LogP contribution in [0, 0.1) is 17.1 Å². The minimum Gasteiger partial charge on any atom is -0.378 e. The highest BCUT2D eigenvalue weighted by atomic mass is 19.1. The van der Waals surface area contributed by atoms with Gasteiger partial charge in [0.25, 0.3) is 5.56 Å². The summed E-state index contributed by atoms with van der Waals surface area (Å²) in [4.78, 5) is 15.2. The topological polar surface area (TPSA) is 61.1 Å². The molecule has 2 aromatic carbocycles. The van der Waals surface area contributed by atoms with Gasteiger partial charge in [0.1, 0.15) is 17.4 Å². The van der Waals surface area contributed by atoms with Gasteiger partial charge < -0.3 is 14.8 Å². The van der Waals surface area contributed by atoms with Crippen LogP contribution in [0.5, 0.6) is 0 Å². The number of rotatable bonds is 4. The third-order valence-electron chi connectivity index (χ3n) is 4.95. The predicted octanol–water partition coefficient (Wildman–Crippen LogP) is 2.79. The van der Waals surface area contributed by atoms with Gasteiger partial charge >= 0.3 is 0 Å². The number of aromatic nitrogens is 1. The molecule has 1 fully saturated rings. The number of benzene rings is 2. The maximum atomic E-state index is 13.2. The Morgan fingerprint density at radius 2 is 1.89 bits per heavy atom. The second-order valence-electron chi connectivity index (χ2n) is 6.96. The van der Waals surface area contributed by atoms with E-state index in [1.165, 1.54) is 12.1 Å². The standard InChI is InChI=1S/C21H19FN4O/c1-25-12-16(13-25)24-20-17-4-2-3-5-19(17)26(21(27)18(20)10-23)11-14-6-8-15(22)9-7-14/h2-9,16,24H,11-13H2,1H3. The Morgan fingerprint density at radius 1 is 1.19 bits per heavy atom. The first kappa shape index (κ1) is 17.3. The molecule has 5 nitrogen and oxygen atoms in total. The van der Waals surface area contributed by atoms with Crippen LogP contribution in [0.25, 0.3) is 10.9 Å². The average molecular weight is 362 g/mol. The normalized spacial score (nSPS) is 14.7. The summed E-state index contributed by atoms with van der Waals surface area (Å²) in [6, 6.07) is 15.9. The Balaban J connectivity index is 1.85. The van der Waals surface area contributed by atoms with E-state index in [1.54, 1.807) is 16.7 Å². The fraction of sp³-hybridized carbons (Fsp3) is 0.238. The predicted molar refractivity (Wildman–Crippen MR) is 103 cm³/mol. The minimum atomic E-state index is -0.337. The van der Waals surface area contributed by atoms with E-state index >= 15 is 0 Å². The van der Waals surface area contributed by atoms with E-state index in [1.807, 2.05) is 31.3 Å². The van der Waals surface area contributed by atoms with Gasteiger partial charge in [-0.25, -0.2) is 4.39 Å². The Bertz CT molecular complexity index is 1090. The van der Waals surface area contributed by atoms with Crippen molar-refractivity contribution in [3.63, 3.8) is 0 Å². The third-order valence-corrected chi connectivity index (χ3v) is 4.95. The molecule has 27 heavy (non-hydrogen) atoms. The van der Waals surface area contributed by atoms with E-state index in [0.717, 1.165) is 29.6 Å². The smallest absolute Gasteiger partial charge is 0.271 e. The number of nitrogens with one attached hydrogen (secondary N) is 1. The van der Waals surface area contributed by atoms with Crippen LogP contribution < -0.4 is 10.9 Å². The van der Waals surface area contributed by atoms with Crippen LogP contribution in [-0.2, 0) is 6.54 Å². The highest BCUT2D eigenvalue weighted by Gasteiger charge is 2.26. The Labute approximate surface area is 156 Å². The van der Waals surface area contributed by atoms with Crippen molar-refractivity contribution in [3.8, 4) is 6.07 Å². The zero-order valence-corrected chi connectivity index (χ0v) is 14.9. The second kappa shape index (κ2) is 6.86. The second-order valence-corrected chi connectivity index (χ2v) is 6.96. The molecule has 1 aliphatic heterocycles. The summed E-state index contributed by atoms with van der Waals surface area (Å²) in [7, 11) is 2.03. The quantitative estimate of drug-likeness (QED) is 0.775. The molecule has 0 aliphatic carbocycles. The molecule has 1 saturated heterocycles. The first-order chi connectivity index (χ1) is 13.1. The number of halogens is 1. The van der Waals surface area contributed by atoms with E-state index in [0.29, 0.717) is 5.69 Å². The molecule has 3 aromatic rings. The number of likely N-dealkylation sites (N-methyl/N-ethyl adjacent to an activating group) is 1. The number of pyridine rings is 1. The number of fused-ring (bicyclic) bond motifs is 1. The minimum absolute atomic E-state index is 0.116. The van der Waals surface area contributed by atoms with Gasteiger partial charge in [0, 0.05) is 18.5 Å². The molecule has 0 saturated carbocycles. The van der Waals surface area contributed by atoms with Crippen molar-refractivity contribution >= 4 is 16.6 Å². The summed E-state index contributed by atoms with van der Waals surface area (Å²) in [5.41, 5.74) is 1.93. The maximum absolute atomic E-state index is 13.2. The van der Waals surface area contributed by atoms with Gasteiger partial charge in [-0.1, -0.05) is 30.3 Å². The van der Waals surface area contributed by atoms with Crippen molar-refractivity contribution in [1.29, 1.82) is 5.26 Å². The molecule has 2 heterocycles. The van der Waals surface area contributed by atoms with Crippen molar-refractivity contribution in [3.05, 3.63) is 75.8 Å². The molecule has 0 unspecified atom stereocenters. The van der Waals surface area contributed by atoms with Gasteiger partial charge in [-0.05, 0) is 30.8 Å². The molecule has 0 radical (unpaired) electrons. The average Bonchev–Trinajstić information content (AvgIpc) is 2.65. The van der Waals surface area contributed by atoms with E-state index in [9.17, 15) is 14.4 Å². The molecule has 136 valence electrons. The van der Waals surface area contributed by atoms with Crippen molar-refractivity contribution in [1.82, 2.24) is 9.47 Å². The lowest BCUT2D eigenvalue weighted by molar-refractivity contribution is 0.205. The van der Waals surface area contributed by atoms with Gasteiger partial charge in [-0.15, -0.1) is 0 Å². The van der Waals surface area contributed by atoms with E-state index in [2.05, 4.69) is 16.3 Å². The maximum Gasteiger partial charge on any atom is 0.271 e. The van der Waals surface area contributed by atoms with E-state index in [4.69, 9.17) is 0 Å². The van der Waals surface area contributed by atoms with Crippen LogP contribution >= 0.6 is 0 Å². The molecular weight excluding hydrogens is 343 g/mol. The number of hydrogen-bond donors (Lipinski definition) is 1. The third kappa shape index (κ3) is 3.18. The molecule has 6 heteroatoms. The van der Waals surface area contributed by atoms with E-state index < -0.39 is 0 Å². The summed E-state index contributed by atoms with van der Waals surface area (Å²) in [6.45, 7) is 2.02. The Kier molecular flexibility index (Phi) is 4.38. The van der Waals surface area contributed by atoms with Crippen LogP contribution in [0.15, 0.2) is 53.3 Å². The van der Waals surface area contributed by atoms with Crippen LogP contribution in [0.1, 0.15) is 11.1 Å². The molecule has 0 atom stereocenters. The zero-order chi connectivity index (χ0) is 19.0. The molecule has 1 aromatic heterocycles. The van der Waals surface area contributed by atoms with E-state index in [-0.39, 0.29) is 29.5 Å². The highest BCUT2D eigenvalue weighted by Crippen LogP contribution is 2.27. The summed E-state index contributed by atoms with van der Waals surface area (Å²) in [5.74, 6) is -0.321. The van der Waals surface area contributed by atoms with Gasteiger partial charge in [-0.2, -0.15) is 5.26 Å². The molecule has 0 spiro atoms. The van der Waals surface area contributed by atoms with Gasteiger partial charge in [-0.3, -0.25) is 4.79 Å². The Morgan fingerprint density at radius 3 is 2.56 bits per heavy atom. The zero-order valence-electron chi connectivity index (χ0n) is 14.9. The lowest BCUT2D eigenvalue weighted by Gasteiger charge is -2.37. The van der Waals surface area contributed by atoms with Crippen LogP contribution in [0.2, 0.25) is 0 Å². The van der Waals surface area contributed by atoms with Crippen molar-refractivity contribution in [2.75, 3.05) is 25.5 Å². The number of likely N-dealkylation sites (tertiary alicyclic amines) is 1. The van der Waals surface area contributed by atoms with Gasteiger partial charge in [0.05, 0.1) is 23.8 Å². The Hall–Kier alpha value is -3.17. The number of nitriles is 1. The fourth-order valence-corrected chi connectivity index (χ4v) is 3.58. The summed E-state index contributed by atoms with van der Waals surface area (Å²) in [5, 5.41) is 13.9. The van der Waals surface area contributed by atoms with Crippen LogP contribution in [0.3, 0.4) is 0 Å². The van der Waals surface area contributed by atoms with Gasteiger partial charge in [0.15, 0.2) is 0 Å². The number of anilines is 1. The largest absolute Gasteiger partial charge is 0.378 e. The monoisotopic (exact) mass is 362 g/mol. The number of para-hydroxylation sites is 1. The van der Waals surface area contributed by atoms with Crippen molar-refractivity contribution < 1.29 is 4.39 Å². The van der Waals surface area contributed by atoms with Crippen molar-refractivity contribution in [2.24, 2.45) is 0 Å². The molecular formula is C21H19FN4O. The number of hydrogen-bond acceptors (Lipinski definition) is 4.